The first-order valence-corrected chi connectivity index (χ1v) is 4.17. The predicted octanol–water partition coefficient (Wildman–Crippen LogP) is 2.94. The lowest BCUT2D eigenvalue weighted by Gasteiger charge is -2.07. The van der Waals surface area contributed by atoms with Crippen LogP contribution in [0.15, 0.2) is 24.3 Å². The zero-order chi connectivity index (χ0) is 10.7. The van der Waals surface area contributed by atoms with Crippen molar-refractivity contribution in [1.82, 2.24) is 0 Å². The molecule has 1 atom stereocenters. The summed E-state index contributed by atoms with van der Waals surface area (Å²) in [5, 5.41) is -1.42. The van der Waals surface area contributed by atoms with E-state index < -0.39 is 23.4 Å². The predicted molar refractivity (Wildman–Crippen MR) is 46.0 cm³/mol. The van der Waals surface area contributed by atoms with Crippen LogP contribution >= 0.6 is 11.6 Å². The molecule has 76 valence electrons. The molecular weight excluding hydrogens is 217 g/mol. The Labute approximate surface area is 83.5 Å². The van der Waals surface area contributed by atoms with Crippen molar-refractivity contribution < 1.29 is 18.0 Å². The van der Waals surface area contributed by atoms with Gasteiger partial charge < -0.3 is 0 Å². The number of halogens is 4. The van der Waals surface area contributed by atoms with Gasteiger partial charge in [-0.3, -0.25) is 4.79 Å². The molecule has 14 heavy (non-hydrogen) atoms. The maximum atomic E-state index is 12.4. The maximum Gasteiger partial charge on any atom is 0.297 e. The van der Waals surface area contributed by atoms with Crippen molar-refractivity contribution in [3.8, 4) is 0 Å². The highest BCUT2D eigenvalue weighted by Crippen LogP contribution is 2.24. The highest BCUT2D eigenvalue weighted by atomic mass is 35.5. The molecule has 0 saturated carbocycles. The lowest BCUT2D eigenvalue weighted by molar-refractivity contribution is -0.129. The maximum absolute atomic E-state index is 12.4. The summed E-state index contributed by atoms with van der Waals surface area (Å²) in [4.78, 5) is 10.8. The van der Waals surface area contributed by atoms with Crippen molar-refractivity contribution in [2.75, 3.05) is 0 Å². The van der Waals surface area contributed by atoms with Crippen molar-refractivity contribution in [2.24, 2.45) is 0 Å². The fraction of sp³-hybridized carbons (Fsp3) is 0.222. The molecule has 1 nitrogen and oxygen atoms in total. The Morgan fingerprint density at radius 2 is 1.71 bits per heavy atom. The summed E-state index contributed by atoms with van der Waals surface area (Å²) < 4.78 is 36.3. The zero-order valence-electron chi connectivity index (χ0n) is 6.88. The Morgan fingerprint density at radius 1 is 1.21 bits per heavy atom. The molecule has 0 aliphatic carbocycles. The summed E-state index contributed by atoms with van der Waals surface area (Å²) in [7, 11) is 0. The van der Waals surface area contributed by atoms with Gasteiger partial charge in [0.15, 0.2) is 0 Å². The first-order valence-electron chi connectivity index (χ1n) is 3.74. The van der Waals surface area contributed by atoms with E-state index in [0.717, 1.165) is 12.1 Å². The van der Waals surface area contributed by atoms with Gasteiger partial charge in [-0.15, -0.1) is 11.6 Å². The molecule has 0 heterocycles. The van der Waals surface area contributed by atoms with Crippen molar-refractivity contribution in [3.05, 3.63) is 35.6 Å². The van der Waals surface area contributed by atoms with Crippen molar-refractivity contribution in [3.63, 3.8) is 0 Å². The standard InChI is InChI=1S/C9H6ClF3O/c10-7(8(14)9(12)13)5-1-3-6(11)4-2-5/h1-4,7,9H. The normalized spacial score (nSPS) is 12.9. The van der Waals surface area contributed by atoms with Crippen LogP contribution in [-0.2, 0) is 4.79 Å². The molecule has 0 aromatic heterocycles. The summed E-state index contributed by atoms with van der Waals surface area (Å²) in [6.45, 7) is 0. The van der Waals surface area contributed by atoms with Crippen LogP contribution in [-0.4, -0.2) is 12.2 Å². The molecule has 0 fully saturated rings. The van der Waals surface area contributed by atoms with Gasteiger partial charge in [0.05, 0.1) is 0 Å². The van der Waals surface area contributed by atoms with E-state index in [1.807, 2.05) is 0 Å². The second kappa shape index (κ2) is 4.46. The van der Waals surface area contributed by atoms with Gasteiger partial charge in [-0.05, 0) is 17.7 Å². The Hall–Kier alpha value is -1.03. The van der Waals surface area contributed by atoms with Gasteiger partial charge in [0.1, 0.15) is 11.2 Å². The SMILES string of the molecule is O=C(C(F)F)C(Cl)c1ccc(F)cc1. The van der Waals surface area contributed by atoms with Crippen LogP contribution in [0.3, 0.4) is 0 Å². The van der Waals surface area contributed by atoms with Crippen LogP contribution in [0.4, 0.5) is 13.2 Å². The molecule has 1 aromatic carbocycles. The van der Waals surface area contributed by atoms with E-state index in [0.29, 0.717) is 0 Å². The quantitative estimate of drug-likeness (QED) is 0.719. The molecule has 1 aromatic rings. The van der Waals surface area contributed by atoms with Gasteiger partial charge in [0.2, 0.25) is 5.78 Å². The minimum absolute atomic E-state index is 0.165. The van der Waals surface area contributed by atoms with Crippen LogP contribution in [0.25, 0.3) is 0 Å². The van der Waals surface area contributed by atoms with E-state index in [-0.39, 0.29) is 5.56 Å². The number of carbonyl (C=O) groups is 1. The van der Waals surface area contributed by atoms with Gasteiger partial charge in [0, 0.05) is 0 Å². The van der Waals surface area contributed by atoms with E-state index in [2.05, 4.69) is 0 Å². The third-order valence-corrected chi connectivity index (χ3v) is 2.09. The van der Waals surface area contributed by atoms with Gasteiger partial charge in [-0.1, -0.05) is 12.1 Å². The summed E-state index contributed by atoms with van der Waals surface area (Å²) in [6.07, 6.45) is -3.11. The molecule has 1 unspecified atom stereocenters. The molecule has 5 heteroatoms. The number of ketones is 1. The minimum atomic E-state index is -3.11. The van der Waals surface area contributed by atoms with Crippen molar-refractivity contribution in [2.45, 2.75) is 11.8 Å². The number of alkyl halides is 3. The molecule has 0 amide bonds. The number of rotatable bonds is 3. The number of hydrogen-bond donors (Lipinski definition) is 0. The van der Waals surface area contributed by atoms with E-state index in [9.17, 15) is 18.0 Å². The van der Waals surface area contributed by atoms with E-state index in [1.165, 1.54) is 12.1 Å². The molecular formula is C9H6ClF3O. The largest absolute Gasteiger partial charge is 0.297 e. The summed E-state index contributed by atoms with van der Waals surface area (Å²) in [5.74, 6) is -1.89. The summed E-state index contributed by atoms with van der Waals surface area (Å²) >= 11 is 5.45. The molecule has 0 N–H and O–H groups in total. The first kappa shape index (κ1) is 11.0. The highest BCUT2D eigenvalue weighted by molar-refractivity contribution is 6.31. The Morgan fingerprint density at radius 3 is 2.14 bits per heavy atom. The number of hydrogen-bond acceptors (Lipinski definition) is 1. The topological polar surface area (TPSA) is 17.1 Å². The Balaban J connectivity index is 2.84. The summed E-state index contributed by atoms with van der Waals surface area (Å²) in [6, 6.07) is 4.52. The van der Waals surface area contributed by atoms with E-state index in [4.69, 9.17) is 11.6 Å². The molecule has 0 spiro atoms. The molecule has 0 saturated heterocycles. The fourth-order valence-corrected chi connectivity index (χ4v) is 1.15. The lowest BCUT2D eigenvalue weighted by Crippen LogP contribution is -2.15. The molecule has 0 aliphatic rings. The third kappa shape index (κ3) is 2.48. The minimum Gasteiger partial charge on any atom is -0.291 e. The van der Waals surface area contributed by atoms with E-state index >= 15 is 0 Å². The second-order valence-corrected chi connectivity index (χ2v) is 3.05. The monoisotopic (exact) mass is 222 g/mol. The lowest BCUT2D eigenvalue weighted by atomic mass is 10.1. The molecule has 1 rings (SSSR count). The van der Waals surface area contributed by atoms with Crippen molar-refractivity contribution >= 4 is 17.4 Å². The number of benzene rings is 1. The smallest absolute Gasteiger partial charge is 0.291 e. The van der Waals surface area contributed by atoms with Crippen LogP contribution < -0.4 is 0 Å². The van der Waals surface area contributed by atoms with Crippen molar-refractivity contribution in [1.29, 1.82) is 0 Å². The second-order valence-electron chi connectivity index (χ2n) is 2.62. The van der Waals surface area contributed by atoms with Gasteiger partial charge >= 0.3 is 0 Å². The van der Waals surface area contributed by atoms with E-state index in [1.54, 1.807) is 0 Å². The van der Waals surface area contributed by atoms with Crippen LogP contribution in [0.1, 0.15) is 10.9 Å². The van der Waals surface area contributed by atoms with Crippen LogP contribution in [0.2, 0.25) is 0 Å². The third-order valence-electron chi connectivity index (χ3n) is 1.63. The Bertz CT molecular complexity index is 323. The van der Waals surface area contributed by atoms with Crippen LogP contribution in [0.5, 0.6) is 0 Å². The van der Waals surface area contributed by atoms with Gasteiger partial charge in [-0.25, -0.2) is 13.2 Å². The number of carbonyl (C=O) groups excluding carboxylic acids is 1. The zero-order valence-corrected chi connectivity index (χ0v) is 7.64. The molecule has 0 aliphatic heterocycles. The number of Topliss-reactive ketones (excluding diaryl/α,β-unsaturated/α-hetero) is 1. The molecule has 0 bridgehead atoms. The van der Waals surface area contributed by atoms with Gasteiger partial charge in [0.25, 0.3) is 6.43 Å². The average molecular weight is 223 g/mol. The Kier molecular flexibility index (Phi) is 3.52. The summed E-state index contributed by atoms with van der Waals surface area (Å²) in [5.41, 5.74) is 0.165. The highest BCUT2D eigenvalue weighted by Gasteiger charge is 2.25. The average Bonchev–Trinajstić information content (AvgIpc) is 2.16. The molecule has 0 radical (unpaired) electrons. The first-order chi connectivity index (χ1) is 6.52. The van der Waals surface area contributed by atoms with Gasteiger partial charge in [-0.2, -0.15) is 0 Å². The van der Waals surface area contributed by atoms with Crippen LogP contribution in [0, 0.1) is 5.82 Å². The fourth-order valence-electron chi connectivity index (χ4n) is 0.907.